The highest BCUT2D eigenvalue weighted by atomic mass is 16.2. The summed E-state index contributed by atoms with van der Waals surface area (Å²) in [7, 11) is 0. The molecule has 4 nitrogen and oxygen atoms in total. The van der Waals surface area contributed by atoms with Crippen LogP contribution in [0.1, 0.15) is 49.9 Å². The predicted molar refractivity (Wildman–Crippen MR) is 87.5 cm³/mol. The molecule has 4 heteroatoms. The van der Waals surface area contributed by atoms with E-state index in [-0.39, 0.29) is 5.92 Å². The number of aryl methyl sites for hydroxylation is 2. The molecular formula is C18H27N3O. The summed E-state index contributed by atoms with van der Waals surface area (Å²) in [6.45, 7) is 5.89. The van der Waals surface area contributed by atoms with Gasteiger partial charge in [-0.1, -0.05) is 12.2 Å². The van der Waals surface area contributed by atoms with Gasteiger partial charge in [0.15, 0.2) is 0 Å². The summed E-state index contributed by atoms with van der Waals surface area (Å²) < 4.78 is 2.08. The van der Waals surface area contributed by atoms with Crippen LogP contribution in [0.25, 0.3) is 0 Å². The van der Waals surface area contributed by atoms with Crippen LogP contribution in [0.2, 0.25) is 0 Å². The number of carbonyl (C=O) groups is 1. The maximum Gasteiger partial charge on any atom is 0.226 e. The number of allylic oxidation sites excluding steroid dienone is 2. The lowest BCUT2D eigenvalue weighted by molar-refractivity contribution is -0.140. The molecule has 1 saturated heterocycles. The van der Waals surface area contributed by atoms with Gasteiger partial charge in [0.05, 0.1) is 18.3 Å². The quantitative estimate of drug-likeness (QED) is 0.804. The van der Waals surface area contributed by atoms with Crippen molar-refractivity contribution in [3.63, 3.8) is 0 Å². The number of likely N-dealkylation sites (tertiary alicyclic amines) is 1. The van der Waals surface area contributed by atoms with Crippen molar-refractivity contribution in [2.75, 3.05) is 6.54 Å². The first kappa shape index (κ1) is 15.3. The summed E-state index contributed by atoms with van der Waals surface area (Å²) in [6, 6.07) is 2.42. The molecule has 1 aliphatic carbocycles. The van der Waals surface area contributed by atoms with Crippen LogP contribution < -0.4 is 0 Å². The zero-order valence-electron chi connectivity index (χ0n) is 13.8. The SMILES string of the molecule is Cc1cc(C)n(C[C@@H]2CCCCN2C(=O)[C@H]2CC=CCC2)n1. The van der Waals surface area contributed by atoms with Crippen molar-refractivity contribution in [2.24, 2.45) is 5.92 Å². The van der Waals surface area contributed by atoms with Crippen LogP contribution in [-0.4, -0.2) is 33.2 Å². The second kappa shape index (κ2) is 6.67. The molecule has 0 aromatic carbocycles. The number of hydrogen-bond acceptors (Lipinski definition) is 2. The molecule has 3 rings (SSSR count). The van der Waals surface area contributed by atoms with Crippen LogP contribution in [0.4, 0.5) is 0 Å². The fourth-order valence-electron chi connectivity index (χ4n) is 3.79. The number of rotatable bonds is 3. The summed E-state index contributed by atoms with van der Waals surface area (Å²) in [5.74, 6) is 0.571. The van der Waals surface area contributed by atoms with Crippen LogP contribution in [0.5, 0.6) is 0 Å². The minimum absolute atomic E-state index is 0.200. The lowest BCUT2D eigenvalue weighted by Gasteiger charge is -2.38. The average molecular weight is 301 g/mol. The summed E-state index contributed by atoms with van der Waals surface area (Å²) in [5, 5.41) is 4.58. The van der Waals surface area contributed by atoms with Gasteiger partial charge in [0.2, 0.25) is 5.91 Å². The zero-order chi connectivity index (χ0) is 15.5. The lowest BCUT2D eigenvalue weighted by Crippen LogP contribution is -2.48. The van der Waals surface area contributed by atoms with E-state index in [0.29, 0.717) is 11.9 Å². The van der Waals surface area contributed by atoms with E-state index in [1.54, 1.807) is 0 Å². The van der Waals surface area contributed by atoms with Gasteiger partial charge in [-0.2, -0.15) is 5.10 Å². The van der Waals surface area contributed by atoms with E-state index in [1.807, 2.05) is 6.92 Å². The van der Waals surface area contributed by atoms with Crippen LogP contribution in [-0.2, 0) is 11.3 Å². The Balaban J connectivity index is 1.71. The predicted octanol–water partition coefficient (Wildman–Crippen LogP) is 3.24. The molecular weight excluding hydrogens is 274 g/mol. The molecule has 0 radical (unpaired) electrons. The van der Waals surface area contributed by atoms with Crippen LogP contribution in [0.3, 0.4) is 0 Å². The summed E-state index contributed by atoms with van der Waals surface area (Å²) in [4.78, 5) is 15.1. The highest BCUT2D eigenvalue weighted by molar-refractivity contribution is 5.79. The first-order chi connectivity index (χ1) is 10.6. The molecule has 0 unspecified atom stereocenters. The van der Waals surface area contributed by atoms with Crippen LogP contribution >= 0.6 is 0 Å². The van der Waals surface area contributed by atoms with Gasteiger partial charge in [0.25, 0.3) is 0 Å². The molecule has 1 aliphatic heterocycles. The Kier molecular flexibility index (Phi) is 4.65. The first-order valence-corrected chi connectivity index (χ1v) is 8.61. The molecule has 0 spiro atoms. The fourth-order valence-corrected chi connectivity index (χ4v) is 3.79. The third-order valence-corrected chi connectivity index (χ3v) is 5.02. The second-order valence-electron chi connectivity index (χ2n) is 6.77. The topological polar surface area (TPSA) is 38.1 Å². The molecule has 120 valence electrons. The molecule has 1 aromatic heterocycles. The molecule has 1 fully saturated rings. The van der Waals surface area contributed by atoms with E-state index in [4.69, 9.17) is 0 Å². The largest absolute Gasteiger partial charge is 0.338 e. The molecule has 2 heterocycles. The van der Waals surface area contributed by atoms with Crippen molar-refractivity contribution in [3.8, 4) is 0 Å². The number of amides is 1. The van der Waals surface area contributed by atoms with E-state index in [0.717, 1.165) is 50.9 Å². The standard InChI is InChI=1S/C18H27N3O/c1-14-12-15(2)21(19-14)13-17-10-6-7-11-20(17)18(22)16-8-4-3-5-9-16/h3-4,12,16-17H,5-11,13H2,1-2H3/t16-,17-/m0/s1. The van der Waals surface area contributed by atoms with Crippen LogP contribution in [0, 0.1) is 19.8 Å². The van der Waals surface area contributed by atoms with Gasteiger partial charge < -0.3 is 4.90 Å². The second-order valence-corrected chi connectivity index (χ2v) is 6.77. The molecule has 0 bridgehead atoms. The number of hydrogen-bond donors (Lipinski definition) is 0. The molecule has 2 atom stereocenters. The van der Waals surface area contributed by atoms with Crippen LogP contribution in [0.15, 0.2) is 18.2 Å². The Morgan fingerprint density at radius 3 is 2.82 bits per heavy atom. The lowest BCUT2D eigenvalue weighted by atomic mass is 9.91. The summed E-state index contributed by atoms with van der Waals surface area (Å²) in [5.41, 5.74) is 2.25. The molecule has 0 saturated carbocycles. The van der Waals surface area contributed by atoms with E-state index >= 15 is 0 Å². The highest BCUT2D eigenvalue weighted by Crippen LogP contribution is 2.26. The van der Waals surface area contributed by atoms with Gasteiger partial charge in [-0.3, -0.25) is 9.48 Å². The Hall–Kier alpha value is -1.58. The molecule has 1 amide bonds. The van der Waals surface area contributed by atoms with E-state index in [2.05, 4.69) is 39.8 Å². The number of carbonyl (C=O) groups excluding carboxylic acids is 1. The summed E-state index contributed by atoms with van der Waals surface area (Å²) >= 11 is 0. The molecule has 2 aliphatic rings. The van der Waals surface area contributed by atoms with Gasteiger partial charge >= 0.3 is 0 Å². The van der Waals surface area contributed by atoms with Crippen molar-refractivity contribution in [2.45, 2.75) is 65.0 Å². The molecule has 1 aromatic rings. The number of piperidine rings is 1. The minimum atomic E-state index is 0.200. The normalized spacial score (nSPS) is 25.5. The smallest absolute Gasteiger partial charge is 0.226 e. The van der Waals surface area contributed by atoms with Gasteiger partial charge in [-0.25, -0.2) is 0 Å². The van der Waals surface area contributed by atoms with Gasteiger partial charge in [0, 0.05) is 18.2 Å². The van der Waals surface area contributed by atoms with Crippen molar-refractivity contribution in [1.29, 1.82) is 0 Å². The maximum atomic E-state index is 12.9. The number of nitrogens with zero attached hydrogens (tertiary/aromatic N) is 3. The molecule has 0 N–H and O–H groups in total. The monoisotopic (exact) mass is 301 g/mol. The van der Waals surface area contributed by atoms with E-state index in [1.165, 1.54) is 12.1 Å². The van der Waals surface area contributed by atoms with E-state index in [9.17, 15) is 4.79 Å². The van der Waals surface area contributed by atoms with Gasteiger partial charge in [-0.05, 0) is 58.4 Å². The Morgan fingerprint density at radius 1 is 1.27 bits per heavy atom. The van der Waals surface area contributed by atoms with Crippen molar-refractivity contribution in [1.82, 2.24) is 14.7 Å². The number of aromatic nitrogens is 2. The van der Waals surface area contributed by atoms with Gasteiger partial charge in [-0.15, -0.1) is 0 Å². The minimum Gasteiger partial charge on any atom is -0.338 e. The van der Waals surface area contributed by atoms with Crippen molar-refractivity contribution >= 4 is 5.91 Å². The summed E-state index contributed by atoms with van der Waals surface area (Å²) in [6.07, 6.45) is 10.8. The van der Waals surface area contributed by atoms with Crippen molar-refractivity contribution in [3.05, 3.63) is 29.6 Å². The first-order valence-electron chi connectivity index (χ1n) is 8.61. The zero-order valence-corrected chi connectivity index (χ0v) is 13.8. The third-order valence-electron chi connectivity index (χ3n) is 5.02. The average Bonchev–Trinajstić information content (AvgIpc) is 2.86. The van der Waals surface area contributed by atoms with E-state index < -0.39 is 0 Å². The molecule has 22 heavy (non-hydrogen) atoms. The fraction of sp³-hybridized carbons (Fsp3) is 0.667. The third kappa shape index (κ3) is 3.26. The Morgan fingerprint density at radius 2 is 2.14 bits per heavy atom. The van der Waals surface area contributed by atoms with Gasteiger partial charge in [0.1, 0.15) is 0 Å². The maximum absolute atomic E-state index is 12.9. The van der Waals surface area contributed by atoms with Crippen molar-refractivity contribution < 1.29 is 4.79 Å². The Labute approximate surface area is 133 Å². The highest BCUT2D eigenvalue weighted by Gasteiger charge is 2.31. The Bertz CT molecular complexity index is 561.